The van der Waals surface area contributed by atoms with E-state index in [0.29, 0.717) is 6.42 Å². The Hall–Kier alpha value is -1.43. The Balaban J connectivity index is 2.27. The van der Waals surface area contributed by atoms with E-state index < -0.39 is 17.7 Å². The molecular weight excluding hydrogens is 240 g/mol. The molecule has 1 heterocycles. The molecule has 100 valence electrons. The molecule has 1 saturated carbocycles. The first-order valence-electron chi connectivity index (χ1n) is 6.03. The van der Waals surface area contributed by atoms with Crippen molar-refractivity contribution in [2.24, 2.45) is 0 Å². The molecule has 2 unspecified atom stereocenters. The fraction of sp³-hybridized carbons (Fsp3) is 0.583. The van der Waals surface area contributed by atoms with Crippen LogP contribution in [0.2, 0.25) is 0 Å². The zero-order valence-electron chi connectivity index (χ0n) is 10.2. The summed E-state index contributed by atoms with van der Waals surface area (Å²) < 4.78 is 26.7. The highest BCUT2D eigenvalue weighted by Crippen LogP contribution is 2.28. The van der Waals surface area contributed by atoms with Crippen LogP contribution in [0.1, 0.15) is 25.7 Å². The molecule has 3 N–H and O–H groups in total. The van der Waals surface area contributed by atoms with Crippen molar-refractivity contribution >= 4 is 11.6 Å². The highest BCUT2D eigenvalue weighted by atomic mass is 19.1. The van der Waals surface area contributed by atoms with Crippen LogP contribution in [0.15, 0.2) is 6.07 Å². The minimum Gasteiger partial charge on any atom is -0.391 e. The number of nitrogens with zero attached hydrogens (tertiary/aromatic N) is 2. The van der Waals surface area contributed by atoms with E-state index >= 15 is 0 Å². The standard InChI is InChI=1S/C12H17F2N3O/c1-17(9-4-2-3-5-10(9)18)12-8(14)6-7(13)11(15)16-12/h6,9-10,18H,2-5H2,1H3,(H2,15,16). The molecule has 2 rings (SSSR count). The van der Waals surface area contributed by atoms with Gasteiger partial charge in [0.05, 0.1) is 12.1 Å². The minimum atomic E-state index is -0.867. The van der Waals surface area contributed by atoms with Gasteiger partial charge >= 0.3 is 0 Å². The van der Waals surface area contributed by atoms with Crippen molar-refractivity contribution in [3.63, 3.8) is 0 Å². The molecule has 4 nitrogen and oxygen atoms in total. The Morgan fingerprint density at radius 2 is 2.00 bits per heavy atom. The zero-order valence-corrected chi connectivity index (χ0v) is 10.2. The lowest BCUT2D eigenvalue weighted by Gasteiger charge is -2.36. The van der Waals surface area contributed by atoms with E-state index in [4.69, 9.17) is 5.73 Å². The second kappa shape index (κ2) is 5.06. The second-order valence-electron chi connectivity index (χ2n) is 4.69. The van der Waals surface area contributed by atoms with Crippen molar-refractivity contribution in [1.82, 2.24) is 4.98 Å². The van der Waals surface area contributed by atoms with Gasteiger partial charge in [0.2, 0.25) is 0 Å². The number of aromatic nitrogens is 1. The van der Waals surface area contributed by atoms with Gasteiger partial charge < -0.3 is 15.7 Å². The molecule has 0 amide bonds. The third-order valence-electron chi connectivity index (χ3n) is 3.46. The van der Waals surface area contributed by atoms with Crippen molar-refractivity contribution in [1.29, 1.82) is 0 Å². The number of aliphatic hydroxyl groups is 1. The number of aliphatic hydroxyl groups excluding tert-OH is 1. The minimum absolute atomic E-state index is 0.0140. The van der Waals surface area contributed by atoms with Gasteiger partial charge in [0.25, 0.3) is 0 Å². The molecule has 1 fully saturated rings. The fourth-order valence-corrected chi connectivity index (χ4v) is 2.42. The smallest absolute Gasteiger partial charge is 0.168 e. The van der Waals surface area contributed by atoms with Gasteiger partial charge in [0.1, 0.15) is 0 Å². The maximum absolute atomic E-state index is 13.7. The molecule has 2 atom stereocenters. The first-order chi connectivity index (χ1) is 8.50. The summed E-state index contributed by atoms with van der Waals surface area (Å²) in [5, 5.41) is 9.92. The number of likely N-dealkylation sites (N-methyl/N-ethyl adjacent to an activating group) is 1. The maximum Gasteiger partial charge on any atom is 0.168 e. The summed E-state index contributed by atoms with van der Waals surface area (Å²) in [6.45, 7) is 0. The monoisotopic (exact) mass is 257 g/mol. The van der Waals surface area contributed by atoms with E-state index in [0.717, 1.165) is 25.3 Å². The molecular formula is C12H17F2N3O. The lowest BCUT2D eigenvalue weighted by atomic mass is 9.91. The highest BCUT2D eigenvalue weighted by Gasteiger charge is 2.29. The molecule has 0 aliphatic heterocycles. The van der Waals surface area contributed by atoms with Gasteiger partial charge in [-0.2, -0.15) is 0 Å². The summed E-state index contributed by atoms with van der Waals surface area (Å²) in [5.41, 5.74) is 5.35. The quantitative estimate of drug-likeness (QED) is 0.846. The molecule has 18 heavy (non-hydrogen) atoms. The van der Waals surface area contributed by atoms with E-state index in [2.05, 4.69) is 4.98 Å². The summed E-state index contributed by atoms with van der Waals surface area (Å²) in [7, 11) is 1.64. The zero-order chi connectivity index (χ0) is 13.3. The number of pyridine rings is 1. The molecule has 1 aromatic rings. The normalized spacial score (nSPS) is 24.0. The molecule has 0 spiro atoms. The average molecular weight is 257 g/mol. The van der Waals surface area contributed by atoms with Crippen LogP contribution in [0.4, 0.5) is 20.4 Å². The Labute approximate surface area is 104 Å². The van der Waals surface area contributed by atoms with Gasteiger partial charge in [-0.1, -0.05) is 12.8 Å². The van der Waals surface area contributed by atoms with Gasteiger partial charge in [0, 0.05) is 13.1 Å². The molecule has 1 aromatic heterocycles. The molecule has 0 saturated heterocycles. The third-order valence-corrected chi connectivity index (χ3v) is 3.46. The lowest BCUT2D eigenvalue weighted by molar-refractivity contribution is 0.105. The fourth-order valence-electron chi connectivity index (χ4n) is 2.42. The Morgan fingerprint density at radius 3 is 2.67 bits per heavy atom. The van der Waals surface area contributed by atoms with Crippen LogP contribution in [0.5, 0.6) is 0 Å². The van der Waals surface area contributed by atoms with Crippen LogP contribution >= 0.6 is 0 Å². The first-order valence-corrected chi connectivity index (χ1v) is 6.03. The third kappa shape index (κ3) is 2.38. The first kappa shape index (κ1) is 13.0. The van der Waals surface area contributed by atoms with Crippen molar-refractivity contribution < 1.29 is 13.9 Å². The van der Waals surface area contributed by atoms with E-state index in [1.165, 1.54) is 0 Å². The second-order valence-corrected chi connectivity index (χ2v) is 4.69. The predicted octanol–water partition coefficient (Wildman–Crippen LogP) is 1.68. The molecule has 1 aliphatic carbocycles. The van der Waals surface area contributed by atoms with Crippen LogP contribution < -0.4 is 10.6 Å². The van der Waals surface area contributed by atoms with Gasteiger partial charge in [-0.15, -0.1) is 0 Å². The number of rotatable bonds is 2. The summed E-state index contributed by atoms with van der Waals surface area (Å²) in [6.07, 6.45) is 2.87. The van der Waals surface area contributed by atoms with Gasteiger partial charge in [-0.05, 0) is 12.8 Å². The molecule has 6 heteroatoms. The number of nitrogen functional groups attached to an aromatic ring is 1. The Bertz CT molecular complexity index is 442. The van der Waals surface area contributed by atoms with Gasteiger partial charge in [-0.25, -0.2) is 13.8 Å². The number of hydrogen-bond donors (Lipinski definition) is 2. The van der Waals surface area contributed by atoms with E-state index in [-0.39, 0.29) is 17.7 Å². The highest BCUT2D eigenvalue weighted by molar-refractivity contribution is 5.47. The van der Waals surface area contributed by atoms with E-state index in [1.54, 1.807) is 11.9 Å². The van der Waals surface area contributed by atoms with Gasteiger partial charge in [-0.3, -0.25) is 0 Å². The molecule has 1 aliphatic rings. The molecule has 0 aromatic carbocycles. The summed E-state index contributed by atoms with van der Waals surface area (Å²) in [4.78, 5) is 5.27. The predicted molar refractivity (Wildman–Crippen MR) is 65.2 cm³/mol. The SMILES string of the molecule is CN(c1nc(N)c(F)cc1F)C1CCCCC1O. The molecule has 0 bridgehead atoms. The summed E-state index contributed by atoms with van der Waals surface area (Å²) >= 11 is 0. The van der Waals surface area contributed by atoms with Crippen LogP contribution in [0.3, 0.4) is 0 Å². The lowest BCUT2D eigenvalue weighted by Crippen LogP contribution is -2.44. The number of nitrogens with two attached hydrogens (primary N) is 1. The van der Waals surface area contributed by atoms with Crippen LogP contribution in [-0.4, -0.2) is 29.3 Å². The number of hydrogen-bond acceptors (Lipinski definition) is 4. The Kier molecular flexibility index (Phi) is 3.65. The summed E-state index contributed by atoms with van der Waals surface area (Å²) in [6, 6.07) is 0.522. The van der Waals surface area contributed by atoms with E-state index in [9.17, 15) is 13.9 Å². The van der Waals surface area contributed by atoms with Crippen molar-refractivity contribution in [3.05, 3.63) is 17.7 Å². The van der Waals surface area contributed by atoms with Crippen molar-refractivity contribution in [2.75, 3.05) is 17.7 Å². The largest absolute Gasteiger partial charge is 0.391 e. The van der Waals surface area contributed by atoms with E-state index in [1.807, 2.05) is 0 Å². The topological polar surface area (TPSA) is 62.4 Å². The average Bonchev–Trinajstić information content (AvgIpc) is 2.33. The van der Waals surface area contributed by atoms with Crippen LogP contribution in [0.25, 0.3) is 0 Å². The van der Waals surface area contributed by atoms with Crippen molar-refractivity contribution in [3.8, 4) is 0 Å². The number of anilines is 2. The molecule has 0 radical (unpaired) electrons. The van der Waals surface area contributed by atoms with Crippen LogP contribution in [0, 0.1) is 11.6 Å². The van der Waals surface area contributed by atoms with Crippen LogP contribution in [-0.2, 0) is 0 Å². The Morgan fingerprint density at radius 1 is 1.33 bits per heavy atom. The number of halogens is 2. The van der Waals surface area contributed by atoms with Gasteiger partial charge in [0.15, 0.2) is 23.3 Å². The van der Waals surface area contributed by atoms with Crippen molar-refractivity contribution in [2.45, 2.75) is 37.8 Å². The maximum atomic E-state index is 13.7. The summed E-state index contributed by atoms with van der Waals surface area (Å²) in [5.74, 6) is -1.97.